The molecule has 0 aliphatic carbocycles. The molecule has 0 amide bonds. The Bertz CT molecular complexity index is 109. The monoisotopic (exact) mass is 218 g/mol. The van der Waals surface area contributed by atoms with Crippen LogP contribution in [0.4, 0.5) is 0 Å². The molecule has 0 aliphatic rings. The summed E-state index contributed by atoms with van der Waals surface area (Å²) in [5, 5.41) is 0. The summed E-state index contributed by atoms with van der Waals surface area (Å²) in [6.45, 7) is 9.40. The van der Waals surface area contributed by atoms with Gasteiger partial charge in [-0.2, -0.15) is 0 Å². The lowest BCUT2D eigenvalue weighted by Gasteiger charge is -2.17. The van der Waals surface area contributed by atoms with Crippen molar-refractivity contribution in [3.8, 4) is 0 Å². The van der Waals surface area contributed by atoms with Crippen molar-refractivity contribution in [1.82, 2.24) is 0 Å². The van der Waals surface area contributed by atoms with E-state index in [1.165, 1.54) is 0 Å². The third-order valence-corrected chi connectivity index (χ3v) is 1.86. The molecule has 0 bridgehead atoms. The lowest BCUT2D eigenvalue weighted by molar-refractivity contribution is -0.152. The summed E-state index contributed by atoms with van der Waals surface area (Å²) in [7, 11) is 0. The SMILES string of the molecule is CCCOCCC(OCCC)OCCC. The van der Waals surface area contributed by atoms with Crippen LogP contribution in [-0.4, -0.2) is 32.7 Å². The van der Waals surface area contributed by atoms with Gasteiger partial charge in [0.05, 0.1) is 6.61 Å². The van der Waals surface area contributed by atoms with Crippen LogP contribution in [0.5, 0.6) is 0 Å². The molecule has 0 radical (unpaired) electrons. The molecule has 3 nitrogen and oxygen atoms in total. The van der Waals surface area contributed by atoms with Crippen molar-refractivity contribution in [2.24, 2.45) is 0 Å². The van der Waals surface area contributed by atoms with Crippen molar-refractivity contribution in [2.75, 3.05) is 26.4 Å². The van der Waals surface area contributed by atoms with Crippen molar-refractivity contribution in [3.05, 3.63) is 0 Å². The van der Waals surface area contributed by atoms with Crippen LogP contribution < -0.4 is 0 Å². The van der Waals surface area contributed by atoms with Gasteiger partial charge in [-0.1, -0.05) is 20.8 Å². The second kappa shape index (κ2) is 12.0. The van der Waals surface area contributed by atoms with Gasteiger partial charge in [0.25, 0.3) is 0 Å². The zero-order valence-corrected chi connectivity index (χ0v) is 10.5. The van der Waals surface area contributed by atoms with E-state index >= 15 is 0 Å². The summed E-state index contributed by atoms with van der Waals surface area (Å²) in [5.74, 6) is 0. The number of ether oxygens (including phenoxy) is 3. The molecule has 15 heavy (non-hydrogen) atoms. The molecule has 3 heteroatoms. The highest BCUT2D eigenvalue weighted by atomic mass is 16.7. The van der Waals surface area contributed by atoms with E-state index in [1.807, 2.05) is 0 Å². The molecule has 0 aromatic carbocycles. The Balaban J connectivity index is 3.49. The van der Waals surface area contributed by atoms with Crippen molar-refractivity contribution in [3.63, 3.8) is 0 Å². The Kier molecular flexibility index (Phi) is 11.9. The zero-order valence-electron chi connectivity index (χ0n) is 10.5. The molecule has 0 heterocycles. The predicted molar refractivity (Wildman–Crippen MR) is 62.0 cm³/mol. The molecule has 0 rings (SSSR count). The molecule has 0 saturated heterocycles. The van der Waals surface area contributed by atoms with Crippen LogP contribution in [0.2, 0.25) is 0 Å². The molecule has 0 fully saturated rings. The first kappa shape index (κ1) is 14.9. The Labute approximate surface area is 94.1 Å². The quantitative estimate of drug-likeness (QED) is 0.394. The molecule has 0 aromatic heterocycles. The zero-order chi connectivity index (χ0) is 11.4. The van der Waals surface area contributed by atoms with Crippen LogP contribution in [0, 0.1) is 0 Å². The third kappa shape index (κ3) is 10.2. The minimum atomic E-state index is -0.0817. The molecule has 0 aromatic rings. The van der Waals surface area contributed by atoms with Gasteiger partial charge in [0.15, 0.2) is 6.29 Å². The smallest absolute Gasteiger partial charge is 0.159 e. The van der Waals surface area contributed by atoms with E-state index in [1.54, 1.807) is 0 Å². The number of hydrogen-bond donors (Lipinski definition) is 0. The number of rotatable bonds is 11. The summed E-state index contributed by atoms with van der Waals surface area (Å²) in [6, 6.07) is 0. The average molecular weight is 218 g/mol. The van der Waals surface area contributed by atoms with Crippen molar-refractivity contribution in [2.45, 2.75) is 52.7 Å². The largest absolute Gasteiger partial charge is 0.381 e. The minimum Gasteiger partial charge on any atom is -0.381 e. The van der Waals surface area contributed by atoms with Crippen LogP contribution in [0.25, 0.3) is 0 Å². The van der Waals surface area contributed by atoms with E-state index in [4.69, 9.17) is 14.2 Å². The summed E-state index contributed by atoms with van der Waals surface area (Å²) < 4.78 is 16.6. The van der Waals surface area contributed by atoms with E-state index in [0.717, 1.165) is 52.1 Å². The van der Waals surface area contributed by atoms with Crippen molar-refractivity contribution < 1.29 is 14.2 Å². The molecule has 92 valence electrons. The second-order valence-electron chi connectivity index (χ2n) is 3.57. The van der Waals surface area contributed by atoms with Gasteiger partial charge in [-0.05, 0) is 19.3 Å². The van der Waals surface area contributed by atoms with Crippen LogP contribution in [0.15, 0.2) is 0 Å². The summed E-state index contributed by atoms with van der Waals surface area (Å²) in [4.78, 5) is 0. The molecular formula is C12H26O3. The fourth-order valence-corrected chi connectivity index (χ4v) is 1.14. The highest BCUT2D eigenvalue weighted by Gasteiger charge is 2.08. The Hall–Kier alpha value is -0.120. The molecule has 0 spiro atoms. The summed E-state index contributed by atoms with van der Waals surface area (Å²) >= 11 is 0. The van der Waals surface area contributed by atoms with Crippen LogP contribution >= 0.6 is 0 Å². The standard InChI is InChI=1S/C12H26O3/c1-4-8-13-11-7-12(14-9-5-2)15-10-6-3/h12H,4-11H2,1-3H3. The van der Waals surface area contributed by atoms with Crippen molar-refractivity contribution >= 4 is 0 Å². The fourth-order valence-electron chi connectivity index (χ4n) is 1.14. The van der Waals surface area contributed by atoms with E-state index in [2.05, 4.69) is 20.8 Å². The molecule has 0 saturated carbocycles. The van der Waals surface area contributed by atoms with Gasteiger partial charge in [0.1, 0.15) is 0 Å². The van der Waals surface area contributed by atoms with E-state index in [9.17, 15) is 0 Å². The topological polar surface area (TPSA) is 27.7 Å². The van der Waals surface area contributed by atoms with Crippen LogP contribution in [0.1, 0.15) is 46.5 Å². The molecule has 0 N–H and O–H groups in total. The fraction of sp³-hybridized carbons (Fsp3) is 1.00. The van der Waals surface area contributed by atoms with E-state index < -0.39 is 0 Å². The van der Waals surface area contributed by atoms with Crippen LogP contribution in [0.3, 0.4) is 0 Å². The van der Waals surface area contributed by atoms with E-state index in [0.29, 0.717) is 0 Å². The molecular weight excluding hydrogens is 192 g/mol. The first-order valence-electron chi connectivity index (χ1n) is 6.16. The maximum atomic E-state index is 5.57. The van der Waals surface area contributed by atoms with E-state index in [-0.39, 0.29) is 6.29 Å². The Morgan fingerprint density at radius 3 is 1.73 bits per heavy atom. The van der Waals surface area contributed by atoms with Gasteiger partial charge in [-0.25, -0.2) is 0 Å². The first-order chi connectivity index (χ1) is 7.35. The molecule has 0 atom stereocenters. The highest BCUT2D eigenvalue weighted by molar-refractivity contribution is 4.45. The van der Waals surface area contributed by atoms with Crippen molar-refractivity contribution in [1.29, 1.82) is 0 Å². The summed E-state index contributed by atoms with van der Waals surface area (Å²) in [6.07, 6.45) is 3.88. The minimum absolute atomic E-state index is 0.0817. The third-order valence-electron chi connectivity index (χ3n) is 1.86. The van der Waals surface area contributed by atoms with Gasteiger partial charge >= 0.3 is 0 Å². The molecule has 0 unspecified atom stereocenters. The Morgan fingerprint density at radius 2 is 1.27 bits per heavy atom. The predicted octanol–water partition coefficient (Wildman–Crippen LogP) is 2.98. The van der Waals surface area contributed by atoms with Gasteiger partial charge < -0.3 is 14.2 Å². The lowest BCUT2D eigenvalue weighted by Crippen LogP contribution is -2.20. The summed E-state index contributed by atoms with van der Waals surface area (Å²) in [5.41, 5.74) is 0. The molecule has 0 aliphatic heterocycles. The lowest BCUT2D eigenvalue weighted by atomic mass is 10.4. The highest BCUT2D eigenvalue weighted by Crippen LogP contribution is 2.03. The second-order valence-corrected chi connectivity index (χ2v) is 3.57. The van der Waals surface area contributed by atoms with Gasteiger partial charge in [-0.15, -0.1) is 0 Å². The maximum Gasteiger partial charge on any atom is 0.159 e. The average Bonchev–Trinajstić information content (AvgIpc) is 2.27. The number of hydrogen-bond acceptors (Lipinski definition) is 3. The van der Waals surface area contributed by atoms with Crippen LogP contribution in [-0.2, 0) is 14.2 Å². The van der Waals surface area contributed by atoms with Gasteiger partial charge in [0.2, 0.25) is 0 Å². The first-order valence-corrected chi connectivity index (χ1v) is 6.16. The van der Waals surface area contributed by atoms with Gasteiger partial charge in [-0.3, -0.25) is 0 Å². The normalized spacial score (nSPS) is 11.2. The maximum absolute atomic E-state index is 5.57. The van der Waals surface area contributed by atoms with Gasteiger partial charge in [0, 0.05) is 26.2 Å². The Morgan fingerprint density at radius 1 is 0.733 bits per heavy atom.